The zero-order valence-corrected chi connectivity index (χ0v) is 20.9. The van der Waals surface area contributed by atoms with Gasteiger partial charge in [-0.25, -0.2) is 9.59 Å². The number of ketones is 1. The van der Waals surface area contributed by atoms with E-state index in [1.165, 1.54) is 0 Å². The fourth-order valence-corrected chi connectivity index (χ4v) is 4.33. The van der Waals surface area contributed by atoms with E-state index in [1.807, 2.05) is 19.0 Å². The van der Waals surface area contributed by atoms with E-state index in [0.717, 1.165) is 5.69 Å². The summed E-state index contributed by atoms with van der Waals surface area (Å²) in [5, 5.41) is 3.10. The molecule has 0 aliphatic heterocycles. The number of hydrogen-bond donors (Lipinski definition) is 1. The molecule has 3 rings (SSSR count). The lowest BCUT2D eigenvalue weighted by Gasteiger charge is -2.40. The Hall–Kier alpha value is -3.06. The van der Waals surface area contributed by atoms with Crippen molar-refractivity contribution in [3.63, 3.8) is 0 Å². The molecule has 1 amide bonds. The Morgan fingerprint density at radius 1 is 1.09 bits per heavy atom. The van der Waals surface area contributed by atoms with E-state index in [0.29, 0.717) is 35.4 Å². The Morgan fingerprint density at radius 3 is 2.32 bits per heavy atom. The van der Waals surface area contributed by atoms with Crippen molar-refractivity contribution >= 4 is 35.1 Å². The maximum Gasteiger partial charge on any atom is 0.408 e. The largest absolute Gasteiger partial charge is 0.451 e. The second-order valence-electron chi connectivity index (χ2n) is 9.60. The number of alkyl carbamates (subject to hydrolysis) is 1. The van der Waals surface area contributed by atoms with Gasteiger partial charge in [0.1, 0.15) is 11.1 Å². The van der Waals surface area contributed by atoms with Crippen LogP contribution in [0.15, 0.2) is 48.5 Å². The number of benzene rings is 2. The van der Waals surface area contributed by atoms with Crippen molar-refractivity contribution in [1.82, 2.24) is 5.32 Å². The van der Waals surface area contributed by atoms with E-state index < -0.39 is 35.1 Å². The van der Waals surface area contributed by atoms with Gasteiger partial charge < -0.3 is 19.7 Å². The molecule has 0 bridgehead atoms. The molecule has 1 N–H and O–H groups in total. The molecular weight excluding hydrogens is 456 g/mol. The van der Waals surface area contributed by atoms with Crippen LogP contribution in [0.25, 0.3) is 0 Å². The van der Waals surface area contributed by atoms with Gasteiger partial charge in [-0.05, 0) is 70.4 Å². The highest BCUT2D eigenvalue weighted by molar-refractivity contribution is 6.32. The van der Waals surface area contributed by atoms with Gasteiger partial charge in [0, 0.05) is 30.4 Å². The molecule has 0 saturated heterocycles. The second kappa shape index (κ2) is 10.1. The molecular formula is C26H31ClN2O5. The highest BCUT2D eigenvalue weighted by Crippen LogP contribution is 2.39. The van der Waals surface area contributed by atoms with Crippen molar-refractivity contribution in [1.29, 1.82) is 0 Å². The predicted octanol–water partition coefficient (Wildman–Crippen LogP) is 5.10. The molecule has 0 unspecified atom stereocenters. The summed E-state index contributed by atoms with van der Waals surface area (Å²) in [5.74, 6) is -1.04. The van der Waals surface area contributed by atoms with E-state index in [4.69, 9.17) is 21.1 Å². The SMILES string of the molecule is CN(C)c1ccc(C(=O)O[C@@H]2CCC[C@@](NC(=O)OC(C)(C)C)(c3ccccc3Cl)C2=O)cc1. The average molecular weight is 487 g/mol. The summed E-state index contributed by atoms with van der Waals surface area (Å²) < 4.78 is 11.1. The number of nitrogens with one attached hydrogen (secondary N) is 1. The van der Waals surface area contributed by atoms with E-state index in [2.05, 4.69) is 5.32 Å². The summed E-state index contributed by atoms with van der Waals surface area (Å²) in [7, 11) is 3.81. The molecule has 2 aromatic carbocycles. The van der Waals surface area contributed by atoms with Gasteiger partial charge in [0.2, 0.25) is 5.78 Å². The van der Waals surface area contributed by atoms with Crippen LogP contribution in [0.4, 0.5) is 10.5 Å². The normalized spacial score (nSPS) is 20.4. The Labute approximate surface area is 205 Å². The van der Waals surface area contributed by atoms with Gasteiger partial charge in [-0.3, -0.25) is 4.79 Å². The van der Waals surface area contributed by atoms with Crippen molar-refractivity contribution < 1.29 is 23.9 Å². The number of esters is 1. The summed E-state index contributed by atoms with van der Waals surface area (Å²) in [6, 6.07) is 13.8. The van der Waals surface area contributed by atoms with E-state index in [9.17, 15) is 14.4 Å². The van der Waals surface area contributed by atoms with Crippen LogP contribution >= 0.6 is 11.6 Å². The van der Waals surface area contributed by atoms with Crippen LogP contribution < -0.4 is 10.2 Å². The number of carbonyl (C=O) groups is 3. The number of halogens is 1. The number of carbonyl (C=O) groups excluding carboxylic acids is 3. The topological polar surface area (TPSA) is 84.9 Å². The third kappa shape index (κ3) is 5.70. The van der Waals surface area contributed by atoms with Gasteiger partial charge in [0.25, 0.3) is 0 Å². The number of rotatable bonds is 5. The molecule has 2 aromatic rings. The third-order valence-electron chi connectivity index (χ3n) is 5.65. The molecule has 1 fully saturated rings. The first-order valence-corrected chi connectivity index (χ1v) is 11.6. The van der Waals surface area contributed by atoms with Crippen molar-refractivity contribution in [2.45, 2.75) is 57.3 Å². The minimum Gasteiger partial charge on any atom is -0.451 e. The number of anilines is 1. The molecule has 1 aliphatic rings. The van der Waals surface area contributed by atoms with Crippen molar-refractivity contribution in [2.24, 2.45) is 0 Å². The molecule has 34 heavy (non-hydrogen) atoms. The first-order chi connectivity index (χ1) is 15.9. The maximum absolute atomic E-state index is 13.8. The fraction of sp³-hybridized carbons (Fsp3) is 0.423. The van der Waals surface area contributed by atoms with E-state index in [-0.39, 0.29) is 0 Å². The van der Waals surface area contributed by atoms with Gasteiger partial charge in [-0.2, -0.15) is 0 Å². The number of amides is 1. The monoisotopic (exact) mass is 486 g/mol. The first-order valence-electron chi connectivity index (χ1n) is 11.2. The standard InChI is InChI=1S/C26H31ClN2O5/c1-25(2,3)34-24(32)28-26(19-9-6-7-10-20(19)27)16-8-11-21(22(26)30)33-23(31)17-12-14-18(15-13-17)29(4)5/h6-7,9-10,12-15,21H,8,11,16H2,1-5H3,(H,28,32)/t21-,26-/m1/s1. The van der Waals surface area contributed by atoms with Crippen LogP contribution in [0, 0.1) is 0 Å². The summed E-state index contributed by atoms with van der Waals surface area (Å²) in [6.45, 7) is 5.22. The summed E-state index contributed by atoms with van der Waals surface area (Å²) >= 11 is 6.46. The highest BCUT2D eigenvalue weighted by Gasteiger charge is 2.50. The van der Waals surface area contributed by atoms with Crippen LogP contribution in [0.3, 0.4) is 0 Å². The molecule has 0 heterocycles. The Morgan fingerprint density at radius 2 is 1.74 bits per heavy atom. The highest BCUT2D eigenvalue weighted by atomic mass is 35.5. The van der Waals surface area contributed by atoms with Crippen molar-refractivity contribution in [3.8, 4) is 0 Å². The van der Waals surface area contributed by atoms with Crippen LogP contribution in [-0.2, 0) is 19.8 Å². The lowest BCUT2D eigenvalue weighted by atomic mass is 9.74. The van der Waals surface area contributed by atoms with Crippen LogP contribution in [0.5, 0.6) is 0 Å². The summed E-state index contributed by atoms with van der Waals surface area (Å²) in [5.41, 5.74) is -0.507. The fourth-order valence-electron chi connectivity index (χ4n) is 4.03. The molecule has 1 saturated carbocycles. The molecule has 0 radical (unpaired) electrons. The minimum absolute atomic E-state index is 0.306. The maximum atomic E-state index is 13.8. The molecule has 7 nitrogen and oxygen atoms in total. The number of Topliss-reactive ketones (excluding diaryl/α,β-unsaturated/α-hetero) is 1. The molecule has 182 valence electrons. The van der Waals surface area contributed by atoms with Gasteiger partial charge in [-0.15, -0.1) is 0 Å². The predicted molar refractivity (Wildman–Crippen MR) is 131 cm³/mol. The minimum atomic E-state index is -1.47. The zero-order valence-electron chi connectivity index (χ0n) is 20.2. The van der Waals surface area contributed by atoms with Crippen molar-refractivity contribution in [2.75, 3.05) is 19.0 Å². The number of nitrogens with zero attached hydrogens (tertiary/aromatic N) is 1. The van der Waals surface area contributed by atoms with Crippen LogP contribution in [0.1, 0.15) is 56.0 Å². The molecule has 1 aliphatic carbocycles. The number of ether oxygens (including phenoxy) is 2. The Bertz CT molecular complexity index is 1060. The van der Waals surface area contributed by atoms with Crippen LogP contribution in [0.2, 0.25) is 5.02 Å². The molecule has 2 atom stereocenters. The Kier molecular flexibility index (Phi) is 7.56. The smallest absolute Gasteiger partial charge is 0.408 e. The van der Waals surface area contributed by atoms with Gasteiger partial charge in [0.15, 0.2) is 6.10 Å². The molecule has 0 spiro atoms. The summed E-state index contributed by atoms with van der Waals surface area (Å²) in [4.78, 5) is 41.3. The van der Waals surface area contributed by atoms with Crippen molar-refractivity contribution in [3.05, 3.63) is 64.7 Å². The first kappa shape index (κ1) is 25.6. The lowest BCUT2D eigenvalue weighted by Crippen LogP contribution is -2.58. The summed E-state index contributed by atoms with van der Waals surface area (Å²) in [6.07, 6.45) is -0.597. The average Bonchev–Trinajstić information content (AvgIpc) is 2.75. The molecule has 0 aromatic heterocycles. The zero-order chi connectivity index (χ0) is 25.1. The second-order valence-corrected chi connectivity index (χ2v) is 10.0. The van der Waals surface area contributed by atoms with E-state index >= 15 is 0 Å². The molecule has 8 heteroatoms. The van der Waals surface area contributed by atoms with Gasteiger partial charge in [-0.1, -0.05) is 29.8 Å². The third-order valence-corrected chi connectivity index (χ3v) is 5.98. The Balaban J connectivity index is 1.90. The lowest BCUT2D eigenvalue weighted by molar-refractivity contribution is -0.138. The van der Waals surface area contributed by atoms with Gasteiger partial charge >= 0.3 is 12.1 Å². The van der Waals surface area contributed by atoms with Crippen LogP contribution in [-0.4, -0.2) is 43.6 Å². The van der Waals surface area contributed by atoms with Gasteiger partial charge in [0.05, 0.1) is 5.56 Å². The number of hydrogen-bond acceptors (Lipinski definition) is 6. The quantitative estimate of drug-likeness (QED) is 0.591. The van der Waals surface area contributed by atoms with E-state index in [1.54, 1.807) is 69.3 Å².